The molecule has 0 unspecified atom stereocenters. The number of carbonyl (C=O) groups excluding carboxylic acids is 1. The molecule has 4 rings (SSSR count). The molecule has 0 spiro atoms. The van der Waals surface area contributed by atoms with Crippen molar-refractivity contribution >= 4 is 17.2 Å². The maximum Gasteiger partial charge on any atom is 0.253 e. The number of fused-ring (bicyclic) bond motifs is 1. The van der Waals surface area contributed by atoms with Crippen LogP contribution in [0.5, 0.6) is 5.75 Å². The van der Waals surface area contributed by atoms with E-state index in [0.29, 0.717) is 12.5 Å². The van der Waals surface area contributed by atoms with Crippen molar-refractivity contribution in [3.8, 4) is 5.75 Å². The van der Waals surface area contributed by atoms with E-state index in [2.05, 4.69) is 4.98 Å². The van der Waals surface area contributed by atoms with E-state index in [4.69, 9.17) is 4.74 Å². The minimum atomic E-state index is 0.142. The summed E-state index contributed by atoms with van der Waals surface area (Å²) in [6.07, 6.45) is 6.49. The van der Waals surface area contributed by atoms with Gasteiger partial charge in [0.05, 0.1) is 11.2 Å². The van der Waals surface area contributed by atoms with Crippen LogP contribution in [0.25, 0.3) is 0 Å². The molecule has 1 saturated carbocycles. The first kappa shape index (κ1) is 16.6. The lowest BCUT2D eigenvalue weighted by Crippen LogP contribution is -2.44. The van der Waals surface area contributed by atoms with E-state index in [1.54, 1.807) is 16.8 Å². The molecule has 1 saturated heterocycles. The van der Waals surface area contributed by atoms with Crippen molar-refractivity contribution in [1.29, 1.82) is 0 Å². The Bertz CT molecular complexity index is 716. The van der Waals surface area contributed by atoms with Crippen LogP contribution in [-0.2, 0) is 6.61 Å². The van der Waals surface area contributed by atoms with Crippen LogP contribution in [0.4, 0.5) is 0 Å². The van der Waals surface area contributed by atoms with Gasteiger partial charge in [0.25, 0.3) is 5.91 Å². The molecule has 2 atom stereocenters. The molecule has 1 aliphatic carbocycles. The molecule has 1 aromatic carbocycles. The fourth-order valence-corrected chi connectivity index (χ4v) is 4.70. The van der Waals surface area contributed by atoms with E-state index in [1.807, 2.05) is 34.5 Å². The zero-order valence-electron chi connectivity index (χ0n) is 14.4. The van der Waals surface area contributed by atoms with E-state index in [0.717, 1.165) is 42.4 Å². The van der Waals surface area contributed by atoms with Gasteiger partial charge in [0.15, 0.2) is 0 Å². The fourth-order valence-electron chi connectivity index (χ4n) is 4.15. The minimum absolute atomic E-state index is 0.142. The molecule has 2 aromatic rings. The number of piperidine rings is 1. The molecular formula is C20H24N2O2S. The Morgan fingerprint density at radius 2 is 2.12 bits per heavy atom. The highest BCUT2D eigenvalue weighted by atomic mass is 32.1. The van der Waals surface area contributed by atoms with Gasteiger partial charge in [0.2, 0.25) is 0 Å². The molecule has 0 bridgehead atoms. The van der Waals surface area contributed by atoms with Crippen molar-refractivity contribution in [2.75, 3.05) is 13.1 Å². The second kappa shape index (κ2) is 7.56. The Kier molecular flexibility index (Phi) is 5.02. The van der Waals surface area contributed by atoms with Gasteiger partial charge in [-0.05, 0) is 42.9 Å². The topological polar surface area (TPSA) is 42.4 Å². The van der Waals surface area contributed by atoms with Gasteiger partial charge in [0, 0.05) is 24.0 Å². The van der Waals surface area contributed by atoms with Crippen LogP contribution >= 0.6 is 11.3 Å². The third kappa shape index (κ3) is 3.87. The number of benzene rings is 1. The highest BCUT2D eigenvalue weighted by molar-refractivity contribution is 7.07. The first-order valence-corrected chi connectivity index (χ1v) is 10.1. The highest BCUT2D eigenvalue weighted by Gasteiger charge is 2.33. The lowest BCUT2D eigenvalue weighted by Gasteiger charge is -2.41. The van der Waals surface area contributed by atoms with Crippen molar-refractivity contribution in [3.05, 3.63) is 46.4 Å². The van der Waals surface area contributed by atoms with Crippen LogP contribution in [0.2, 0.25) is 0 Å². The number of rotatable bonds is 4. The number of likely N-dealkylation sites (tertiary alicyclic amines) is 1. The number of carbonyl (C=O) groups is 1. The van der Waals surface area contributed by atoms with Gasteiger partial charge in [-0.25, -0.2) is 4.98 Å². The van der Waals surface area contributed by atoms with Gasteiger partial charge in [-0.1, -0.05) is 25.3 Å². The molecule has 2 fully saturated rings. The van der Waals surface area contributed by atoms with E-state index in [-0.39, 0.29) is 5.91 Å². The Hall–Kier alpha value is -1.88. The smallest absolute Gasteiger partial charge is 0.253 e. The van der Waals surface area contributed by atoms with Crippen molar-refractivity contribution in [3.63, 3.8) is 0 Å². The fraction of sp³-hybridized carbons (Fsp3) is 0.500. The van der Waals surface area contributed by atoms with E-state index in [1.165, 1.54) is 25.7 Å². The van der Waals surface area contributed by atoms with Gasteiger partial charge in [0.1, 0.15) is 12.4 Å². The third-order valence-electron chi connectivity index (χ3n) is 5.53. The van der Waals surface area contributed by atoms with Gasteiger partial charge >= 0.3 is 0 Å². The zero-order chi connectivity index (χ0) is 17.1. The first-order valence-electron chi connectivity index (χ1n) is 9.19. The Morgan fingerprint density at radius 3 is 2.96 bits per heavy atom. The van der Waals surface area contributed by atoms with E-state index >= 15 is 0 Å². The summed E-state index contributed by atoms with van der Waals surface area (Å²) >= 11 is 1.56. The summed E-state index contributed by atoms with van der Waals surface area (Å²) in [6, 6.07) is 7.56. The maximum atomic E-state index is 12.9. The molecule has 0 radical (unpaired) electrons. The van der Waals surface area contributed by atoms with E-state index < -0.39 is 0 Å². The average molecular weight is 356 g/mol. The predicted octanol–water partition coefficient (Wildman–Crippen LogP) is 4.37. The van der Waals surface area contributed by atoms with Gasteiger partial charge < -0.3 is 9.64 Å². The number of hydrogen-bond acceptors (Lipinski definition) is 4. The molecule has 1 aliphatic heterocycles. The molecule has 0 N–H and O–H groups in total. The molecule has 2 aliphatic rings. The van der Waals surface area contributed by atoms with Crippen molar-refractivity contribution in [1.82, 2.24) is 9.88 Å². The summed E-state index contributed by atoms with van der Waals surface area (Å²) < 4.78 is 5.79. The summed E-state index contributed by atoms with van der Waals surface area (Å²) in [5, 5.41) is 1.98. The number of thiazole rings is 1. The monoisotopic (exact) mass is 356 g/mol. The standard InChI is InChI=1S/C20H24N2O2S/c23-20(22-9-8-15-4-1-2-5-17(15)11-22)16-6-3-7-19(10-16)24-12-18-13-25-14-21-18/h3,6-7,10,13-15,17H,1-2,4-5,8-9,11-12H2/t15-,17+/m1/s1. The van der Waals surface area contributed by atoms with Crippen molar-refractivity contribution < 1.29 is 9.53 Å². The Balaban J connectivity index is 1.40. The zero-order valence-corrected chi connectivity index (χ0v) is 15.2. The second-order valence-electron chi connectivity index (χ2n) is 7.14. The summed E-state index contributed by atoms with van der Waals surface area (Å²) in [7, 11) is 0. The van der Waals surface area contributed by atoms with Crippen LogP contribution < -0.4 is 4.74 Å². The molecule has 4 nitrogen and oxygen atoms in total. The molecule has 2 heterocycles. The Morgan fingerprint density at radius 1 is 1.24 bits per heavy atom. The lowest BCUT2D eigenvalue weighted by molar-refractivity contribution is 0.0520. The van der Waals surface area contributed by atoms with E-state index in [9.17, 15) is 4.79 Å². The first-order chi connectivity index (χ1) is 12.3. The van der Waals surface area contributed by atoms with Crippen LogP contribution in [-0.4, -0.2) is 28.9 Å². The SMILES string of the molecule is O=C(c1cccc(OCc2cscn2)c1)N1CC[C@H]2CCCC[C@H]2C1. The molecular weight excluding hydrogens is 332 g/mol. The second-order valence-corrected chi connectivity index (χ2v) is 7.86. The predicted molar refractivity (Wildman–Crippen MR) is 98.9 cm³/mol. The summed E-state index contributed by atoms with van der Waals surface area (Å²) in [5.41, 5.74) is 3.44. The summed E-state index contributed by atoms with van der Waals surface area (Å²) in [4.78, 5) is 19.2. The Labute approximate surface area is 152 Å². The van der Waals surface area contributed by atoms with Gasteiger partial charge in [-0.15, -0.1) is 11.3 Å². The normalized spacial score (nSPS) is 23.1. The quantitative estimate of drug-likeness (QED) is 0.817. The highest BCUT2D eigenvalue weighted by Crippen LogP contribution is 2.36. The molecule has 5 heteroatoms. The number of aromatic nitrogens is 1. The molecule has 132 valence electrons. The van der Waals surface area contributed by atoms with Crippen molar-refractivity contribution in [2.45, 2.75) is 38.7 Å². The largest absolute Gasteiger partial charge is 0.487 e. The van der Waals surface area contributed by atoms with Crippen molar-refractivity contribution in [2.24, 2.45) is 11.8 Å². The minimum Gasteiger partial charge on any atom is -0.487 e. The number of amides is 1. The average Bonchev–Trinajstić information content (AvgIpc) is 3.19. The van der Waals surface area contributed by atoms with Crippen LogP contribution in [0.3, 0.4) is 0 Å². The van der Waals surface area contributed by atoms with Gasteiger partial charge in [-0.2, -0.15) is 0 Å². The summed E-state index contributed by atoms with van der Waals surface area (Å²) in [6.45, 7) is 2.26. The van der Waals surface area contributed by atoms with Crippen LogP contribution in [0, 0.1) is 11.8 Å². The molecule has 1 aromatic heterocycles. The van der Waals surface area contributed by atoms with Gasteiger partial charge in [-0.3, -0.25) is 4.79 Å². The molecule has 25 heavy (non-hydrogen) atoms. The number of hydrogen-bond donors (Lipinski definition) is 0. The van der Waals surface area contributed by atoms with Crippen LogP contribution in [0.1, 0.15) is 48.2 Å². The molecule has 1 amide bonds. The summed E-state index contributed by atoms with van der Waals surface area (Å²) in [5.74, 6) is 2.41. The van der Waals surface area contributed by atoms with Crippen LogP contribution in [0.15, 0.2) is 35.2 Å². The lowest BCUT2D eigenvalue weighted by atomic mass is 9.75. The maximum absolute atomic E-state index is 12.9. The number of ether oxygens (including phenoxy) is 1. The number of nitrogens with zero attached hydrogens (tertiary/aromatic N) is 2. The third-order valence-corrected chi connectivity index (χ3v) is 6.16.